The molecule has 1 amide bonds. The lowest BCUT2D eigenvalue weighted by atomic mass is 10.2. The lowest BCUT2D eigenvalue weighted by Gasteiger charge is -2.06. The van der Waals surface area contributed by atoms with Crippen LogP contribution in [-0.4, -0.2) is 18.7 Å². The first-order valence-corrected chi connectivity index (χ1v) is 7.27. The second-order valence-corrected chi connectivity index (χ2v) is 5.30. The molecule has 0 aliphatic heterocycles. The Bertz CT molecular complexity index is 662. The van der Waals surface area contributed by atoms with Gasteiger partial charge < -0.3 is 4.74 Å². The fourth-order valence-corrected chi connectivity index (χ4v) is 2.07. The molecule has 2 aromatic carbocycles. The van der Waals surface area contributed by atoms with Gasteiger partial charge in [-0.05, 0) is 18.2 Å². The third-order valence-corrected chi connectivity index (χ3v) is 3.53. The molecule has 0 heterocycles. The zero-order chi connectivity index (χ0) is 15.1. The van der Waals surface area contributed by atoms with E-state index in [1.807, 2.05) is 24.3 Å². The molecule has 1 N–H and O–H groups in total. The first kappa shape index (κ1) is 15.5. The van der Waals surface area contributed by atoms with Crippen LogP contribution in [0.25, 0.3) is 0 Å². The number of hydrogen-bond donors (Lipinski definition) is 1. The normalized spacial score (nSPS) is 10.6. The molecule has 0 saturated carbocycles. The van der Waals surface area contributed by atoms with Crippen LogP contribution in [0.4, 0.5) is 0 Å². The molecule has 0 atom stereocenters. The smallest absolute Gasteiger partial charge is 0.277 e. The van der Waals surface area contributed by atoms with Crippen LogP contribution < -0.4 is 10.2 Å². The van der Waals surface area contributed by atoms with Gasteiger partial charge in [0.2, 0.25) is 0 Å². The van der Waals surface area contributed by atoms with Gasteiger partial charge in [0.25, 0.3) is 5.91 Å². The maximum absolute atomic E-state index is 11.6. The van der Waals surface area contributed by atoms with Gasteiger partial charge in [-0.15, -0.1) is 0 Å². The molecule has 0 spiro atoms. The Morgan fingerprint density at radius 2 is 1.95 bits per heavy atom. The van der Waals surface area contributed by atoms with Gasteiger partial charge in [-0.1, -0.05) is 57.9 Å². The van der Waals surface area contributed by atoms with Crippen molar-refractivity contribution in [3.63, 3.8) is 0 Å². The molecule has 2 rings (SSSR count). The van der Waals surface area contributed by atoms with Gasteiger partial charge in [-0.25, -0.2) is 5.43 Å². The number of ether oxygens (including phenoxy) is 1. The number of rotatable bonds is 5. The van der Waals surface area contributed by atoms with Crippen molar-refractivity contribution < 1.29 is 9.53 Å². The highest BCUT2D eigenvalue weighted by molar-refractivity contribution is 9.10. The molecule has 0 unspecified atom stereocenters. The maximum atomic E-state index is 11.6. The number of hydrogen-bond acceptors (Lipinski definition) is 3. The summed E-state index contributed by atoms with van der Waals surface area (Å²) in [6, 6.07) is 14.5. The number of carbonyl (C=O) groups excluding carboxylic acids is 1. The van der Waals surface area contributed by atoms with Crippen LogP contribution in [0.2, 0.25) is 5.02 Å². The molecule has 108 valence electrons. The van der Waals surface area contributed by atoms with Crippen molar-refractivity contribution in [2.45, 2.75) is 0 Å². The monoisotopic (exact) mass is 366 g/mol. The van der Waals surface area contributed by atoms with Crippen molar-refractivity contribution in [1.82, 2.24) is 5.43 Å². The molecule has 0 saturated heterocycles. The van der Waals surface area contributed by atoms with E-state index in [1.165, 1.54) is 0 Å². The van der Waals surface area contributed by atoms with Crippen LogP contribution in [-0.2, 0) is 4.79 Å². The summed E-state index contributed by atoms with van der Waals surface area (Å²) in [4.78, 5) is 11.6. The van der Waals surface area contributed by atoms with Crippen LogP contribution in [0.15, 0.2) is 58.1 Å². The molecule has 0 fully saturated rings. The minimum atomic E-state index is -0.363. The molecular weight excluding hydrogens is 356 g/mol. The van der Waals surface area contributed by atoms with E-state index in [4.69, 9.17) is 16.3 Å². The molecule has 21 heavy (non-hydrogen) atoms. The van der Waals surface area contributed by atoms with E-state index in [0.717, 1.165) is 10.0 Å². The molecule has 0 aliphatic carbocycles. The minimum absolute atomic E-state index is 0.156. The summed E-state index contributed by atoms with van der Waals surface area (Å²) in [5.41, 5.74) is 3.26. The van der Waals surface area contributed by atoms with E-state index in [1.54, 1.807) is 30.5 Å². The van der Waals surface area contributed by atoms with Gasteiger partial charge in [0.1, 0.15) is 5.75 Å². The van der Waals surface area contributed by atoms with Gasteiger partial charge in [0.05, 0.1) is 11.2 Å². The summed E-state index contributed by atoms with van der Waals surface area (Å²) in [5, 5.41) is 4.33. The van der Waals surface area contributed by atoms with Crippen molar-refractivity contribution in [1.29, 1.82) is 0 Å². The Kier molecular flexibility index (Phi) is 5.78. The molecule has 0 radical (unpaired) electrons. The third-order valence-electron chi connectivity index (χ3n) is 2.49. The average Bonchev–Trinajstić information content (AvgIpc) is 2.48. The SMILES string of the molecule is O=C(COc1ccccc1Cl)NN=Cc1ccccc1Br. The van der Waals surface area contributed by atoms with Gasteiger partial charge in [-0.2, -0.15) is 5.10 Å². The molecular formula is C15H12BrClN2O2. The van der Waals surface area contributed by atoms with E-state index < -0.39 is 0 Å². The summed E-state index contributed by atoms with van der Waals surface area (Å²) in [6.07, 6.45) is 1.55. The number of halogens is 2. The lowest BCUT2D eigenvalue weighted by molar-refractivity contribution is -0.123. The van der Waals surface area contributed by atoms with Gasteiger partial charge >= 0.3 is 0 Å². The number of carbonyl (C=O) groups is 1. The maximum Gasteiger partial charge on any atom is 0.277 e. The summed E-state index contributed by atoms with van der Waals surface area (Å²) in [6.45, 7) is -0.156. The number of nitrogens with zero attached hydrogens (tertiary/aromatic N) is 1. The lowest BCUT2D eigenvalue weighted by Crippen LogP contribution is -2.24. The zero-order valence-electron chi connectivity index (χ0n) is 10.9. The van der Waals surface area contributed by atoms with E-state index in [2.05, 4.69) is 26.5 Å². The van der Waals surface area contributed by atoms with E-state index in [0.29, 0.717) is 10.8 Å². The molecule has 4 nitrogen and oxygen atoms in total. The number of benzene rings is 2. The number of hydrazone groups is 1. The molecule has 2 aromatic rings. The van der Waals surface area contributed by atoms with E-state index in [9.17, 15) is 4.79 Å². The third kappa shape index (κ3) is 4.88. The van der Waals surface area contributed by atoms with E-state index >= 15 is 0 Å². The summed E-state index contributed by atoms with van der Waals surface area (Å²) < 4.78 is 6.20. The van der Waals surface area contributed by atoms with Crippen LogP contribution in [0.5, 0.6) is 5.75 Å². The Morgan fingerprint density at radius 3 is 2.71 bits per heavy atom. The highest BCUT2D eigenvalue weighted by Gasteiger charge is 2.04. The highest BCUT2D eigenvalue weighted by Crippen LogP contribution is 2.22. The number of para-hydroxylation sites is 1. The van der Waals surface area contributed by atoms with Crippen LogP contribution in [0.3, 0.4) is 0 Å². The topological polar surface area (TPSA) is 50.7 Å². The zero-order valence-corrected chi connectivity index (χ0v) is 13.3. The number of amides is 1. The number of nitrogens with one attached hydrogen (secondary N) is 1. The summed E-state index contributed by atoms with van der Waals surface area (Å²) in [7, 11) is 0. The Hall–Kier alpha value is -1.85. The Labute approximate surface area is 135 Å². The predicted molar refractivity (Wildman–Crippen MR) is 86.8 cm³/mol. The molecule has 0 aromatic heterocycles. The molecule has 0 bridgehead atoms. The van der Waals surface area contributed by atoms with Gasteiger partial charge in [-0.3, -0.25) is 4.79 Å². The highest BCUT2D eigenvalue weighted by atomic mass is 79.9. The van der Waals surface area contributed by atoms with Crippen LogP contribution in [0.1, 0.15) is 5.56 Å². The second kappa shape index (κ2) is 7.81. The average molecular weight is 368 g/mol. The van der Waals surface area contributed by atoms with Crippen molar-refractivity contribution in [2.75, 3.05) is 6.61 Å². The van der Waals surface area contributed by atoms with Crippen LogP contribution >= 0.6 is 27.5 Å². The molecule has 6 heteroatoms. The Morgan fingerprint density at radius 1 is 1.24 bits per heavy atom. The predicted octanol–water partition coefficient (Wildman–Crippen LogP) is 3.63. The Balaban J connectivity index is 1.83. The largest absolute Gasteiger partial charge is 0.482 e. The standard InChI is InChI=1S/C15H12BrClN2O2/c16-12-6-2-1-5-11(12)9-18-19-15(20)10-21-14-8-4-3-7-13(14)17/h1-9H,10H2,(H,19,20). The fraction of sp³-hybridized carbons (Fsp3) is 0.0667. The fourth-order valence-electron chi connectivity index (χ4n) is 1.49. The van der Waals surface area contributed by atoms with Crippen molar-refractivity contribution >= 4 is 39.7 Å². The first-order chi connectivity index (χ1) is 10.2. The van der Waals surface area contributed by atoms with Gasteiger partial charge in [0, 0.05) is 10.0 Å². The minimum Gasteiger partial charge on any atom is -0.482 e. The van der Waals surface area contributed by atoms with Gasteiger partial charge in [0.15, 0.2) is 6.61 Å². The van der Waals surface area contributed by atoms with Crippen molar-refractivity contribution in [2.24, 2.45) is 5.10 Å². The van der Waals surface area contributed by atoms with E-state index in [-0.39, 0.29) is 12.5 Å². The quantitative estimate of drug-likeness (QED) is 0.648. The first-order valence-electron chi connectivity index (χ1n) is 6.10. The summed E-state index contributed by atoms with van der Waals surface area (Å²) >= 11 is 9.31. The second-order valence-electron chi connectivity index (χ2n) is 4.03. The van der Waals surface area contributed by atoms with Crippen molar-refractivity contribution in [3.05, 3.63) is 63.6 Å². The molecule has 0 aliphatic rings. The van der Waals surface area contributed by atoms with Crippen molar-refractivity contribution in [3.8, 4) is 5.75 Å². The van der Waals surface area contributed by atoms with Crippen LogP contribution in [0, 0.1) is 0 Å². The summed E-state index contributed by atoms with van der Waals surface area (Å²) in [5.74, 6) is 0.0994.